The van der Waals surface area contributed by atoms with Gasteiger partial charge in [-0.05, 0) is 43.3 Å². The van der Waals surface area contributed by atoms with Gasteiger partial charge in [0.1, 0.15) is 0 Å². The molecule has 0 spiro atoms. The number of piperidine rings is 1. The number of benzene rings is 1. The maximum Gasteiger partial charge on any atom is 0.264 e. The Morgan fingerprint density at radius 3 is 2.58 bits per heavy atom. The molecular formula is C23H27N3O4S. The minimum Gasteiger partial charge on any atom is -0.395 e. The second-order valence-corrected chi connectivity index (χ2v) is 9.10. The molecule has 2 aliphatic rings. The molecule has 1 N–H and O–H groups in total. The van der Waals surface area contributed by atoms with Gasteiger partial charge >= 0.3 is 0 Å². The lowest BCUT2D eigenvalue weighted by molar-refractivity contribution is -0.135. The van der Waals surface area contributed by atoms with E-state index in [1.54, 1.807) is 18.0 Å². The fourth-order valence-corrected chi connectivity index (χ4v) is 5.27. The summed E-state index contributed by atoms with van der Waals surface area (Å²) < 4.78 is 0. The van der Waals surface area contributed by atoms with Crippen LogP contribution in [-0.4, -0.2) is 65.9 Å². The summed E-state index contributed by atoms with van der Waals surface area (Å²) in [6.07, 6.45) is 1.35. The van der Waals surface area contributed by atoms with E-state index in [9.17, 15) is 14.4 Å². The molecule has 1 atom stereocenters. The Balaban J connectivity index is 1.53. The Bertz CT molecular complexity index is 983. The Morgan fingerprint density at radius 2 is 1.94 bits per heavy atom. The molecule has 1 aromatic heterocycles. The van der Waals surface area contributed by atoms with Crippen molar-refractivity contribution >= 4 is 34.7 Å². The number of aliphatic hydroxyl groups excluding tert-OH is 1. The highest BCUT2D eigenvalue weighted by Crippen LogP contribution is 2.38. The van der Waals surface area contributed by atoms with Crippen molar-refractivity contribution in [3.05, 3.63) is 51.7 Å². The third-order valence-electron chi connectivity index (χ3n) is 6.26. The topological polar surface area (TPSA) is 81.2 Å². The van der Waals surface area contributed by atoms with E-state index in [2.05, 4.69) is 4.90 Å². The van der Waals surface area contributed by atoms with Crippen LogP contribution in [-0.2, 0) is 4.79 Å². The van der Waals surface area contributed by atoms with Crippen molar-refractivity contribution in [2.45, 2.75) is 25.8 Å². The van der Waals surface area contributed by atoms with Gasteiger partial charge in [0.2, 0.25) is 5.91 Å². The number of hydrogen-bond donors (Lipinski definition) is 1. The summed E-state index contributed by atoms with van der Waals surface area (Å²) in [5.41, 5.74) is 1.69. The second-order valence-electron chi connectivity index (χ2n) is 8.12. The van der Waals surface area contributed by atoms with E-state index in [1.807, 2.05) is 36.6 Å². The largest absolute Gasteiger partial charge is 0.395 e. The molecule has 0 aliphatic carbocycles. The number of carbonyl (C=O) groups is 3. The van der Waals surface area contributed by atoms with Crippen LogP contribution in [0.1, 0.15) is 51.4 Å². The summed E-state index contributed by atoms with van der Waals surface area (Å²) in [6.45, 7) is 3.45. The number of fused-ring (bicyclic) bond motifs is 1. The fraction of sp³-hybridized carbons (Fsp3) is 0.435. The number of amides is 3. The minimum atomic E-state index is -0.314. The Hall–Kier alpha value is -2.71. The Labute approximate surface area is 185 Å². The van der Waals surface area contributed by atoms with Crippen LogP contribution < -0.4 is 4.90 Å². The molecule has 31 heavy (non-hydrogen) atoms. The molecule has 164 valence electrons. The van der Waals surface area contributed by atoms with Gasteiger partial charge in [-0.1, -0.05) is 12.1 Å². The van der Waals surface area contributed by atoms with Crippen molar-refractivity contribution in [1.29, 1.82) is 0 Å². The number of rotatable bonds is 6. The fourth-order valence-electron chi connectivity index (χ4n) is 4.50. The first-order chi connectivity index (χ1) is 14.9. The Morgan fingerprint density at radius 1 is 1.19 bits per heavy atom. The second kappa shape index (κ2) is 8.80. The molecular weight excluding hydrogens is 414 g/mol. The van der Waals surface area contributed by atoms with Crippen LogP contribution in [0.5, 0.6) is 0 Å². The van der Waals surface area contributed by atoms with Gasteiger partial charge in [-0.3, -0.25) is 19.3 Å². The Kier molecular flexibility index (Phi) is 6.11. The van der Waals surface area contributed by atoms with Gasteiger partial charge in [0.25, 0.3) is 11.8 Å². The van der Waals surface area contributed by atoms with Crippen molar-refractivity contribution in [2.75, 3.05) is 38.2 Å². The number of aliphatic hydroxyl groups is 1. The molecule has 8 heteroatoms. The number of likely N-dealkylation sites (N-methyl/N-ethyl adjacent to an activating group) is 1. The van der Waals surface area contributed by atoms with E-state index < -0.39 is 0 Å². The number of carbonyl (C=O) groups excluding carboxylic acids is 3. The van der Waals surface area contributed by atoms with Gasteiger partial charge in [-0.25, -0.2) is 0 Å². The highest BCUT2D eigenvalue weighted by atomic mass is 32.1. The molecule has 1 saturated heterocycles. The highest BCUT2D eigenvalue weighted by Gasteiger charge is 2.42. The molecule has 3 heterocycles. The van der Waals surface area contributed by atoms with Crippen molar-refractivity contribution in [1.82, 2.24) is 9.80 Å². The standard InChI is InChI=1S/C23H27N3O4S/c1-15(19-7-4-14-31-19)26-22(29)17-5-3-6-18(20(17)23(26)30)25-10-8-16(9-11-25)21(28)24(2)12-13-27/h3-7,14-16,27H,8-13H2,1-2H3/t15-/m0/s1. The van der Waals surface area contributed by atoms with Gasteiger partial charge in [-0.15, -0.1) is 11.3 Å². The number of thiophene rings is 1. The molecule has 1 aromatic carbocycles. The van der Waals surface area contributed by atoms with E-state index in [1.165, 1.54) is 16.2 Å². The number of anilines is 1. The maximum absolute atomic E-state index is 13.3. The van der Waals surface area contributed by atoms with Crippen LogP contribution in [0, 0.1) is 5.92 Å². The van der Waals surface area contributed by atoms with E-state index in [-0.39, 0.29) is 36.3 Å². The maximum atomic E-state index is 13.3. The molecule has 2 aliphatic heterocycles. The van der Waals surface area contributed by atoms with Crippen LogP contribution in [0.3, 0.4) is 0 Å². The lowest BCUT2D eigenvalue weighted by atomic mass is 9.94. The van der Waals surface area contributed by atoms with Crippen molar-refractivity contribution < 1.29 is 19.5 Å². The van der Waals surface area contributed by atoms with E-state index >= 15 is 0 Å². The van der Waals surface area contributed by atoms with Crippen LogP contribution in [0.15, 0.2) is 35.7 Å². The van der Waals surface area contributed by atoms with Crippen molar-refractivity contribution in [2.24, 2.45) is 5.92 Å². The van der Waals surface area contributed by atoms with E-state index in [0.717, 1.165) is 10.6 Å². The lowest BCUT2D eigenvalue weighted by Gasteiger charge is -2.35. The SMILES string of the molecule is C[C@@H](c1cccs1)N1C(=O)c2cccc(N3CCC(C(=O)N(C)CCO)CC3)c2C1=O. The number of hydrogen-bond acceptors (Lipinski definition) is 6. The third-order valence-corrected chi connectivity index (χ3v) is 7.31. The summed E-state index contributed by atoms with van der Waals surface area (Å²) in [6, 6.07) is 8.98. The van der Waals surface area contributed by atoms with E-state index in [4.69, 9.17) is 5.11 Å². The molecule has 0 radical (unpaired) electrons. The van der Waals surface area contributed by atoms with Gasteiger partial charge in [-0.2, -0.15) is 0 Å². The first-order valence-corrected chi connectivity index (χ1v) is 11.5. The summed E-state index contributed by atoms with van der Waals surface area (Å²) >= 11 is 1.53. The monoisotopic (exact) mass is 441 g/mol. The molecule has 4 rings (SSSR count). The lowest BCUT2D eigenvalue weighted by Crippen LogP contribution is -2.42. The number of imide groups is 1. The molecule has 7 nitrogen and oxygen atoms in total. The van der Waals surface area contributed by atoms with Gasteiger partial charge in [0.15, 0.2) is 0 Å². The van der Waals surface area contributed by atoms with Crippen LogP contribution in [0.2, 0.25) is 0 Å². The van der Waals surface area contributed by atoms with Gasteiger partial charge in [0.05, 0.1) is 29.5 Å². The minimum absolute atomic E-state index is 0.0478. The van der Waals surface area contributed by atoms with Crippen molar-refractivity contribution in [3.8, 4) is 0 Å². The van der Waals surface area contributed by atoms with Crippen LogP contribution in [0.25, 0.3) is 0 Å². The summed E-state index contributed by atoms with van der Waals surface area (Å²) in [5, 5.41) is 11.0. The molecule has 2 aromatic rings. The average molecular weight is 442 g/mol. The first kappa shape index (κ1) is 21.5. The van der Waals surface area contributed by atoms with Crippen LogP contribution >= 0.6 is 11.3 Å². The summed E-state index contributed by atoms with van der Waals surface area (Å²) in [5.74, 6) is -0.540. The zero-order valence-corrected chi connectivity index (χ0v) is 18.6. The highest BCUT2D eigenvalue weighted by molar-refractivity contribution is 7.10. The van der Waals surface area contributed by atoms with Gasteiger partial charge in [0, 0.05) is 37.5 Å². The number of nitrogens with zero attached hydrogens (tertiary/aromatic N) is 3. The normalized spacial score (nSPS) is 17.8. The van der Waals surface area contributed by atoms with Gasteiger partial charge < -0.3 is 14.9 Å². The van der Waals surface area contributed by atoms with E-state index in [0.29, 0.717) is 43.6 Å². The quantitative estimate of drug-likeness (QED) is 0.698. The predicted octanol–water partition coefficient (Wildman–Crippen LogP) is 2.77. The zero-order chi connectivity index (χ0) is 22.1. The molecule has 0 saturated carbocycles. The summed E-state index contributed by atoms with van der Waals surface area (Å²) in [4.78, 5) is 45.0. The molecule has 0 bridgehead atoms. The zero-order valence-electron chi connectivity index (χ0n) is 17.8. The molecule has 0 unspecified atom stereocenters. The average Bonchev–Trinajstić information content (AvgIpc) is 3.41. The predicted molar refractivity (Wildman–Crippen MR) is 119 cm³/mol. The van der Waals surface area contributed by atoms with Crippen molar-refractivity contribution in [3.63, 3.8) is 0 Å². The smallest absolute Gasteiger partial charge is 0.264 e. The summed E-state index contributed by atoms with van der Waals surface area (Å²) in [7, 11) is 1.71. The molecule has 1 fully saturated rings. The van der Waals surface area contributed by atoms with Crippen LogP contribution in [0.4, 0.5) is 5.69 Å². The third kappa shape index (κ3) is 3.85. The molecule has 3 amide bonds. The first-order valence-electron chi connectivity index (χ1n) is 10.6.